The molecule has 15 heavy (non-hydrogen) atoms. The molecule has 0 bridgehead atoms. The van der Waals surface area contributed by atoms with Gasteiger partial charge in [-0.15, -0.1) is 0 Å². The van der Waals surface area contributed by atoms with E-state index in [-0.39, 0.29) is 0 Å². The van der Waals surface area contributed by atoms with E-state index in [9.17, 15) is 0 Å². The third-order valence-electron chi connectivity index (χ3n) is 2.10. The normalized spacial score (nSPS) is 9.60. The van der Waals surface area contributed by atoms with E-state index in [0.717, 1.165) is 11.1 Å². The molecule has 0 fully saturated rings. The summed E-state index contributed by atoms with van der Waals surface area (Å²) in [5, 5.41) is 9.60. The van der Waals surface area contributed by atoms with Crippen molar-refractivity contribution in [2.75, 3.05) is 0 Å². The fourth-order valence-electron chi connectivity index (χ4n) is 1.36. The lowest BCUT2D eigenvalue weighted by Gasteiger charge is -2.02. The number of rotatable bonds is 1. The Morgan fingerprint density at radius 3 is 2.53 bits per heavy atom. The number of hydrogen-bond acceptors (Lipinski definition) is 2. The van der Waals surface area contributed by atoms with Crippen molar-refractivity contribution < 1.29 is 0 Å². The Balaban J connectivity index is 2.55. The molecule has 0 atom stereocenters. The van der Waals surface area contributed by atoms with Crippen molar-refractivity contribution in [3.05, 3.63) is 53.3 Å². The molecule has 2 nitrogen and oxygen atoms in total. The van der Waals surface area contributed by atoms with Crippen LogP contribution in [-0.2, 0) is 0 Å². The van der Waals surface area contributed by atoms with E-state index < -0.39 is 0 Å². The predicted octanol–water partition coefficient (Wildman–Crippen LogP) is 3.27. The standard InChI is InChI=1S/C12H7ClN2/c13-11-3-1-9(2-4-11)12-5-6-15-8-10(12)7-14/h1-6,8H. The summed E-state index contributed by atoms with van der Waals surface area (Å²) in [5.41, 5.74) is 2.42. The van der Waals surface area contributed by atoms with E-state index in [4.69, 9.17) is 16.9 Å². The van der Waals surface area contributed by atoms with Crippen molar-refractivity contribution in [3.63, 3.8) is 0 Å². The first-order valence-corrected chi connectivity index (χ1v) is 4.79. The summed E-state index contributed by atoms with van der Waals surface area (Å²) in [6, 6.07) is 11.3. The Kier molecular flexibility index (Phi) is 2.66. The van der Waals surface area contributed by atoms with Gasteiger partial charge in [-0.25, -0.2) is 0 Å². The smallest absolute Gasteiger partial charge is 0.101 e. The molecule has 0 spiro atoms. The highest BCUT2D eigenvalue weighted by atomic mass is 35.5. The largest absolute Gasteiger partial charge is 0.263 e. The van der Waals surface area contributed by atoms with Gasteiger partial charge in [0.25, 0.3) is 0 Å². The minimum absolute atomic E-state index is 0.569. The zero-order valence-corrected chi connectivity index (χ0v) is 8.57. The zero-order valence-electron chi connectivity index (χ0n) is 7.81. The highest BCUT2D eigenvalue weighted by molar-refractivity contribution is 6.30. The van der Waals surface area contributed by atoms with E-state index >= 15 is 0 Å². The lowest BCUT2D eigenvalue weighted by atomic mass is 10.0. The number of hydrogen-bond donors (Lipinski definition) is 0. The maximum absolute atomic E-state index is 8.92. The van der Waals surface area contributed by atoms with E-state index in [1.54, 1.807) is 24.5 Å². The van der Waals surface area contributed by atoms with Crippen LogP contribution in [0.3, 0.4) is 0 Å². The van der Waals surface area contributed by atoms with Gasteiger partial charge in [0.05, 0.1) is 5.56 Å². The van der Waals surface area contributed by atoms with Crippen LogP contribution < -0.4 is 0 Å². The summed E-state index contributed by atoms with van der Waals surface area (Å²) in [6.07, 6.45) is 3.23. The molecule has 0 aliphatic rings. The van der Waals surface area contributed by atoms with Crippen LogP contribution in [0.15, 0.2) is 42.7 Å². The summed E-state index contributed by atoms with van der Waals surface area (Å²) in [5.74, 6) is 0. The molecule has 0 saturated carbocycles. The van der Waals surface area contributed by atoms with E-state index in [2.05, 4.69) is 11.1 Å². The van der Waals surface area contributed by atoms with Crippen molar-refractivity contribution in [3.8, 4) is 17.2 Å². The zero-order chi connectivity index (χ0) is 10.7. The SMILES string of the molecule is N#Cc1cnccc1-c1ccc(Cl)cc1. The molecule has 0 amide bonds. The highest BCUT2D eigenvalue weighted by Crippen LogP contribution is 2.23. The van der Waals surface area contributed by atoms with Gasteiger partial charge in [0, 0.05) is 23.0 Å². The Morgan fingerprint density at radius 1 is 1.13 bits per heavy atom. The monoisotopic (exact) mass is 214 g/mol. The second kappa shape index (κ2) is 4.12. The Hall–Kier alpha value is -1.85. The number of benzene rings is 1. The fraction of sp³-hybridized carbons (Fsp3) is 0. The molecule has 1 aromatic carbocycles. The van der Waals surface area contributed by atoms with Crippen LogP contribution in [0.2, 0.25) is 5.02 Å². The maximum atomic E-state index is 8.92. The summed E-state index contributed by atoms with van der Waals surface area (Å²) in [7, 11) is 0. The average Bonchev–Trinajstić information content (AvgIpc) is 2.30. The first-order chi connectivity index (χ1) is 7.31. The number of nitriles is 1. The fourth-order valence-corrected chi connectivity index (χ4v) is 1.49. The van der Waals surface area contributed by atoms with Crippen LogP contribution >= 0.6 is 11.6 Å². The quantitative estimate of drug-likeness (QED) is 0.731. The van der Waals surface area contributed by atoms with Crippen LogP contribution in [0.1, 0.15) is 5.56 Å². The van der Waals surface area contributed by atoms with Gasteiger partial charge in [-0.2, -0.15) is 5.26 Å². The van der Waals surface area contributed by atoms with Crippen LogP contribution in [0.25, 0.3) is 11.1 Å². The molecule has 0 aliphatic heterocycles. The van der Waals surface area contributed by atoms with Crippen molar-refractivity contribution in [1.29, 1.82) is 5.26 Å². The number of aromatic nitrogens is 1. The second-order valence-electron chi connectivity index (χ2n) is 3.04. The van der Waals surface area contributed by atoms with Gasteiger partial charge >= 0.3 is 0 Å². The molecular weight excluding hydrogens is 208 g/mol. The average molecular weight is 215 g/mol. The van der Waals surface area contributed by atoms with E-state index in [1.807, 2.05) is 18.2 Å². The Bertz CT molecular complexity index is 512. The summed E-state index contributed by atoms with van der Waals surface area (Å²) in [6.45, 7) is 0. The van der Waals surface area contributed by atoms with Gasteiger partial charge in [0.15, 0.2) is 0 Å². The van der Waals surface area contributed by atoms with Gasteiger partial charge in [0.1, 0.15) is 6.07 Å². The molecule has 0 aliphatic carbocycles. The maximum Gasteiger partial charge on any atom is 0.101 e. The molecule has 1 aromatic heterocycles. The van der Waals surface area contributed by atoms with Crippen LogP contribution in [0.5, 0.6) is 0 Å². The summed E-state index contributed by atoms with van der Waals surface area (Å²) < 4.78 is 0. The topological polar surface area (TPSA) is 36.7 Å². The second-order valence-corrected chi connectivity index (χ2v) is 3.48. The van der Waals surface area contributed by atoms with Crippen molar-refractivity contribution >= 4 is 11.6 Å². The van der Waals surface area contributed by atoms with Gasteiger partial charge in [-0.1, -0.05) is 23.7 Å². The summed E-state index contributed by atoms with van der Waals surface area (Å²) in [4.78, 5) is 3.91. The number of nitrogens with zero attached hydrogens (tertiary/aromatic N) is 2. The third kappa shape index (κ3) is 1.98. The van der Waals surface area contributed by atoms with Gasteiger partial charge < -0.3 is 0 Å². The molecule has 2 rings (SSSR count). The molecule has 1 heterocycles. The van der Waals surface area contributed by atoms with Gasteiger partial charge in [-0.3, -0.25) is 4.98 Å². The van der Waals surface area contributed by atoms with Crippen LogP contribution in [0.4, 0.5) is 0 Å². The van der Waals surface area contributed by atoms with Crippen molar-refractivity contribution in [2.45, 2.75) is 0 Å². The van der Waals surface area contributed by atoms with Gasteiger partial charge in [0.2, 0.25) is 0 Å². The first kappa shape index (κ1) is 9.70. The van der Waals surface area contributed by atoms with Crippen molar-refractivity contribution in [1.82, 2.24) is 4.98 Å². The summed E-state index contributed by atoms with van der Waals surface area (Å²) >= 11 is 5.80. The molecule has 0 unspecified atom stereocenters. The molecule has 0 radical (unpaired) electrons. The Morgan fingerprint density at radius 2 is 1.87 bits per heavy atom. The highest BCUT2D eigenvalue weighted by Gasteiger charge is 2.03. The molecule has 0 N–H and O–H groups in total. The Labute approximate surface area is 92.8 Å². The predicted molar refractivity (Wildman–Crippen MR) is 59.4 cm³/mol. The van der Waals surface area contributed by atoms with Gasteiger partial charge in [-0.05, 0) is 23.8 Å². The molecular formula is C12H7ClN2. The molecule has 0 saturated heterocycles. The lowest BCUT2D eigenvalue weighted by molar-refractivity contribution is 1.30. The van der Waals surface area contributed by atoms with E-state index in [0.29, 0.717) is 10.6 Å². The molecule has 2 aromatic rings. The minimum atomic E-state index is 0.569. The van der Waals surface area contributed by atoms with Crippen LogP contribution in [0, 0.1) is 11.3 Å². The molecule has 72 valence electrons. The first-order valence-electron chi connectivity index (χ1n) is 4.41. The third-order valence-corrected chi connectivity index (χ3v) is 2.35. The van der Waals surface area contributed by atoms with Crippen molar-refractivity contribution in [2.24, 2.45) is 0 Å². The number of halogens is 1. The van der Waals surface area contributed by atoms with Crippen LogP contribution in [-0.4, -0.2) is 4.98 Å². The number of pyridine rings is 1. The molecule has 3 heteroatoms. The minimum Gasteiger partial charge on any atom is -0.263 e. The lowest BCUT2D eigenvalue weighted by Crippen LogP contribution is -1.85. The van der Waals surface area contributed by atoms with E-state index in [1.165, 1.54) is 0 Å².